The zero-order valence-electron chi connectivity index (χ0n) is 14.3. The molecule has 2 heteroatoms. The molecule has 1 N–H and O–H groups in total. The van der Waals surface area contributed by atoms with Gasteiger partial charge in [0.25, 0.3) is 0 Å². The molecule has 1 unspecified atom stereocenters. The molecule has 0 saturated carbocycles. The van der Waals surface area contributed by atoms with E-state index in [9.17, 15) is 5.11 Å². The van der Waals surface area contributed by atoms with Gasteiger partial charge in [-0.05, 0) is 42.9 Å². The molecule has 23 heavy (non-hydrogen) atoms. The summed E-state index contributed by atoms with van der Waals surface area (Å²) in [6, 6.07) is 16.9. The second-order valence-corrected chi connectivity index (χ2v) is 7.36. The number of hydrogen-bond donors (Lipinski definition) is 1. The lowest BCUT2D eigenvalue weighted by molar-refractivity contribution is -0.920. The maximum absolute atomic E-state index is 10.2. The first-order valence-corrected chi connectivity index (χ1v) is 8.77. The number of piperidine rings is 1. The summed E-state index contributed by atoms with van der Waals surface area (Å²) in [4.78, 5) is 0. The summed E-state index contributed by atoms with van der Waals surface area (Å²) >= 11 is 0. The van der Waals surface area contributed by atoms with Crippen molar-refractivity contribution in [2.24, 2.45) is 0 Å². The molecule has 1 aliphatic heterocycles. The van der Waals surface area contributed by atoms with Gasteiger partial charge in [0.15, 0.2) is 0 Å². The van der Waals surface area contributed by atoms with Gasteiger partial charge in [-0.3, -0.25) is 0 Å². The summed E-state index contributed by atoms with van der Waals surface area (Å²) in [7, 11) is 4.75. The van der Waals surface area contributed by atoms with Gasteiger partial charge in [-0.15, -0.1) is 0 Å². The number of rotatable bonds is 4. The highest BCUT2D eigenvalue weighted by Crippen LogP contribution is 2.33. The second kappa shape index (κ2) is 6.76. The van der Waals surface area contributed by atoms with Crippen molar-refractivity contribution in [3.63, 3.8) is 0 Å². The molecule has 2 aromatic rings. The molecule has 3 rings (SSSR count). The number of phenols is 1. The highest BCUT2D eigenvalue weighted by molar-refractivity contribution is 5.72. The van der Waals surface area contributed by atoms with Crippen LogP contribution in [0.4, 0.5) is 0 Å². The van der Waals surface area contributed by atoms with Crippen molar-refractivity contribution in [3.8, 4) is 16.9 Å². The van der Waals surface area contributed by atoms with Crippen LogP contribution in [0.2, 0.25) is 0 Å². The molecule has 1 heterocycles. The summed E-state index contributed by atoms with van der Waals surface area (Å²) in [6.07, 6.45) is 6.37. The second-order valence-electron chi connectivity index (χ2n) is 7.36. The third kappa shape index (κ3) is 3.59. The molecule has 0 bridgehead atoms. The van der Waals surface area contributed by atoms with Crippen LogP contribution in [0.15, 0.2) is 48.5 Å². The van der Waals surface area contributed by atoms with Crippen LogP contribution in [0, 0.1) is 0 Å². The van der Waals surface area contributed by atoms with Crippen molar-refractivity contribution >= 4 is 0 Å². The minimum Gasteiger partial charge on any atom is -0.507 e. The van der Waals surface area contributed by atoms with E-state index >= 15 is 0 Å². The van der Waals surface area contributed by atoms with E-state index in [2.05, 4.69) is 38.4 Å². The van der Waals surface area contributed by atoms with Crippen molar-refractivity contribution in [1.82, 2.24) is 0 Å². The topological polar surface area (TPSA) is 20.2 Å². The number of aryl methyl sites for hydroxylation is 1. The SMILES string of the molecule is C[N+]1(C)CCCCC1CCc1ccccc1-c1ccccc1O. The Morgan fingerprint density at radius 1 is 0.957 bits per heavy atom. The summed E-state index contributed by atoms with van der Waals surface area (Å²) in [6.45, 7) is 1.30. The molecule has 0 radical (unpaired) electrons. The van der Waals surface area contributed by atoms with Crippen LogP contribution in [0.5, 0.6) is 5.75 Å². The standard InChI is InChI=1S/C21H27NO/c1-22(2)16-8-7-10-18(22)15-14-17-9-3-4-11-19(17)20-12-5-6-13-21(20)23/h3-6,9,11-13,18H,7-8,10,14-16H2,1-2H3/p+1. The van der Waals surface area contributed by atoms with E-state index in [1.165, 1.54) is 43.4 Å². The van der Waals surface area contributed by atoms with Gasteiger partial charge in [-0.25, -0.2) is 0 Å². The molecular formula is C21H28NO+. The first kappa shape index (κ1) is 16.1. The fourth-order valence-corrected chi connectivity index (χ4v) is 3.95. The Morgan fingerprint density at radius 2 is 1.65 bits per heavy atom. The van der Waals surface area contributed by atoms with E-state index < -0.39 is 0 Å². The zero-order chi connectivity index (χ0) is 16.3. The highest BCUT2D eigenvalue weighted by atomic mass is 16.3. The maximum atomic E-state index is 10.2. The molecule has 1 fully saturated rings. The van der Waals surface area contributed by atoms with Crippen LogP contribution < -0.4 is 0 Å². The van der Waals surface area contributed by atoms with E-state index in [-0.39, 0.29) is 0 Å². The molecule has 2 nitrogen and oxygen atoms in total. The first-order chi connectivity index (χ1) is 11.1. The molecule has 2 aromatic carbocycles. The van der Waals surface area contributed by atoms with Crippen LogP contribution in [-0.4, -0.2) is 36.3 Å². The van der Waals surface area contributed by atoms with Gasteiger partial charge >= 0.3 is 0 Å². The van der Waals surface area contributed by atoms with Crippen molar-refractivity contribution in [1.29, 1.82) is 0 Å². The van der Waals surface area contributed by atoms with Crippen molar-refractivity contribution in [2.45, 2.75) is 38.1 Å². The molecule has 122 valence electrons. The minimum atomic E-state index is 0.369. The monoisotopic (exact) mass is 310 g/mol. The predicted molar refractivity (Wildman–Crippen MR) is 96.5 cm³/mol. The smallest absolute Gasteiger partial charge is 0.123 e. The van der Waals surface area contributed by atoms with Gasteiger partial charge < -0.3 is 9.59 Å². The lowest BCUT2D eigenvalue weighted by Gasteiger charge is -2.42. The van der Waals surface area contributed by atoms with Gasteiger partial charge in [0, 0.05) is 12.0 Å². The van der Waals surface area contributed by atoms with Crippen molar-refractivity contribution in [2.75, 3.05) is 20.6 Å². The van der Waals surface area contributed by atoms with Gasteiger partial charge in [0.1, 0.15) is 5.75 Å². The number of hydrogen-bond acceptors (Lipinski definition) is 1. The average Bonchev–Trinajstić information content (AvgIpc) is 2.54. The highest BCUT2D eigenvalue weighted by Gasteiger charge is 2.30. The molecule has 1 aliphatic rings. The molecule has 0 amide bonds. The van der Waals surface area contributed by atoms with E-state index in [0.717, 1.165) is 22.5 Å². The first-order valence-electron chi connectivity index (χ1n) is 8.77. The fraction of sp³-hybridized carbons (Fsp3) is 0.429. The number of aromatic hydroxyl groups is 1. The number of quaternary nitrogens is 1. The molecule has 1 atom stereocenters. The Bertz CT molecular complexity index is 662. The van der Waals surface area contributed by atoms with Gasteiger partial charge in [0.05, 0.1) is 26.7 Å². The van der Waals surface area contributed by atoms with Crippen LogP contribution in [0.3, 0.4) is 0 Å². The molecular weight excluding hydrogens is 282 g/mol. The van der Waals surface area contributed by atoms with E-state index in [1.807, 2.05) is 18.2 Å². The molecule has 0 aromatic heterocycles. The fourth-order valence-electron chi connectivity index (χ4n) is 3.95. The van der Waals surface area contributed by atoms with Gasteiger partial charge in [0.2, 0.25) is 0 Å². The number of para-hydroxylation sites is 1. The Balaban J connectivity index is 1.80. The predicted octanol–water partition coefficient (Wildman–Crippen LogP) is 4.62. The van der Waals surface area contributed by atoms with E-state index in [1.54, 1.807) is 6.07 Å². The summed E-state index contributed by atoms with van der Waals surface area (Å²) < 4.78 is 1.15. The summed E-state index contributed by atoms with van der Waals surface area (Å²) in [5.74, 6) is 0.369. The lowest BCUT2D eigenvalue weighted by Crippen LogP contribution is -2.51. The molecule has 0 aliphatic carbocycles. The van der Waals surface area contributed by atoms with Crippen molar-refractivity contribution < 1.29 is 9.59 Å². The Kier molecular flexibility index (Phi) is 4.72. The number of nitrogens with zero attached hydrogens (tertiary/aromatic N) is 1. The molecule has 0 spiro atoms. The number of benzene rings is 2. The minimum absolute atomic E-state index is 0.369. The molecule has 1 saturated heterocycles. The van der Waals surface area contributed by atoms with Crippen LogP contribution in [-0.2, 0) is 6.42 Å². The van der Waals surface area contributed by atoms with Crippen LogP contribution >= 0.6 is 0 Å². The zero-order valence-corrected chi connectivity index (χ0v) is 14.3. The van der Waals surface area contributed by atoms with E-state index in [0.29, 0.717) is 5.75 Å². The Labute approximate surface area is 140 Å². The largest absolute Gasteiger partial charge is 0.507 e. The number of phenolic OH excluding ortho intramolecular Hbond substituents is 1. The third-order valence-electron chi connectivity index (χ3n) is 5.47. The van der Waals surface area contributed by atoms with Crippen LogP contribution in [0.25, 0.3) is 11.1 Å². The normalized spacial score (nSPS) is 20.3. The third-order valence-corrected chi connectivity index (χ3v) is 5.47. The van der Waals surface area contributed by atoms with E-state index in [4.69, 9.17) is 0 Å². The maximum Gasteiger partial charge on any atom is 0.123 e. The quantitative estimate of drug-likeness (QED) is 0.817. The van der Waals surface area contributed by atoms with Gasteiger partial charge in [-0.1, -0.05) is 42.5 Å². The Morgan fingerprint density at radius 3 is 2.39 bits per heavy atom. The Hall–Kier alpha value is -1.80. The van der Waals surface area contributed by atoms with Gasteiger partial charge in [-0.2, -0.15) is 0 Å². The van der Waals surface area contributed by atoms with Crippen molar-refractivity contribution in [3.05, 3.63) is 54.1 Å². The lowest BCUT2D eigenvalue weighted by atomic mass is 9.91. The summed E-state index contributed by atoms with van der Waals surface area (Å²) in [5, 5.41) is 10.2. The van der Waals surface area contributed by atoms with Crippen LogP contribution in [0.1, 0.15) is 31.2 Å². The average molecular weight is 310 g/mol. The number of likely N-dealkylation sites (tertiary alicyclic amines) is 1. The summed E-state index contributed by atoms with van der Waals surface area (Å²) in [5.41, 5.74) is 3.46.